The number of carbonyl (C=O) groups is 1. The second-order valence-corrected chi connectivity index (χ2v) is 6.64. The monoisotopic (exact) mass is 338 g/mol. The van der Waals surface area contributed by atoms with Gasteiger partial charge in [-0.2, -0.15) is 0 Å². The molecule has 1 aromatic heterocycles. The highest BCUT2D eigenvalue weighted by atomic mass is 35.5. The van der Waals surface area contributed by atoms with Gasteiger partial charge in [0.1, 0.15) is 10.8 Å². The molecule has 2 heterocycles. The van der Waals surface area contributed by atoms with Gasteiger partial charge in [-0.3, -0.25) is 4.79 Å². The Morgan fingerprint density at radius 1 is 1.27 bits per heavy atom. The standard InChI is InChI=1S/C14H15ClN4O2S/c1-9-16-17-14(22-9)19-6-4-18(5-7-19)13(21)11-3-2-10(15)8-12(11)20/h2-3,8,20H,4-7H2,1H3. The van der Waals surface area contributed by atoms with Gasteiger partial charge in [0.2, 0.25) is 5.13 Å². The smallest absolute Gasteiger partial charge is 0.257 e. The third-order valence-electron chi connectivity index (χ3n) is 3.54. The van der Waals surface area contributed by atoms with Crippen LogP contribution in [0, 0.1) is 6.92 Å². The summed E-state index contributed by atoms with van der Waals surface area (Å²) in [6.07, 6.45) is 0. The Hall–Kier alpha value is -1.86. The molecular weight excluding hydrogens is 324 g/mol. The normalized spacial score (nSPS) is 15.2. The summed E-state index contributed by atoms with van der Waals surface area (Å²) in [7, 11) is 0. The number of phenolic OH excluding ortho intramolecular Hbond substituents is 1. The number of piperazine rings is 1. The van der Waals surface area contributed by atoms with E-state index in [1.54, 1.807) is 28.4 Å². The number of hydrogen-bond acceptors (Lipinski definition) is 6. The van der Waals surface area contributed by atoms with E-state index < -0.39 is 0 Å². The number of phenols is 1. The summed E-state index contributed by atoms with van der Waals surface area (Å²) < 4.78 is 0. The van der Waals surface area contributed by atoms with Gasteiger partial charge in [0, 0.05) is 31.2 Å². The highest BCUT2D eigenvalue weighted by Crippen LogP contribution is 2.25. The van der Waals surface area contributed by atoms with Crippen LogP contribution in [0.25, 0.3) is 0 Å². The van der Waals surface area contributed by atoms with Crippen molar-refractivity contribution in [2.24, 2.45) is 0 Å². The molecule has 0 unspecified atom stereocenters. The highest BCUT2D eigenvalue weighted by molar-refractivity contribution is 7.15. The molecule has 1 aromatic carbocycles. The van der Waals surface area contributed by atoms with Crippen LogP contribution in [-0.4, -0.2) is 52.3 Å². The summed E-state index contributed by atoms with van der Waals surface area (Å²) >= 11 is 7.34. The molecule has 1 saturated heterocycles. The Balaban J connectivity index is 1.67. The molecule has 1 aliphatic heterocycles. The van der Waals surface area contributed by atoms with E-state index in [0.717, 1.165) is 10.1 Å². The van der Waals surface area contributed by atoms with Crippen molar-refractivity contribution < 1.29 is 9.90 Å². The predicted octanol–water partition coefficient (Wildman–Crippen LogP) is 2.17. The minimum Gasteiger partial charge on any atom is -0.507 e. The molecule has 0 saturated carbocycles. The number of rotatable bonds is 2. The molecule has 0 radical (unpaired) electrons. The maximum absolute atomic E-state index is 12.5. The summed E-state index contributed by atoms with van der Waals surface area (Å²) in [5, 5.41) is 20.2. The number of nitrogens with zero attached hydrogens (tertiary/aromatic N) is 4. The number of anilines is 1. The van der Waals surface area contributed by atoms with Crippen LogP contribution < -0.4 is 4.90 Å². The summed E-state index contributed by atoms with van der Waals surface area (Å²) in [5.74, 6) is -0.262. The molecule has 1 fully saturated rings. The van der Waals surface area contributed by atoms with Crippen molar-refractivity contribution in [3.8, 4) is 5.75 Å². The topological polar surface area (TPSA) is 69.6 Å². The summed E-state index contributed by atoms with van der Waals surface area (Å²) in [6, 6.07) is 4.55. The zero-order valence-corrected chi connectivity index (χ0v) is 13.6. The van der Waals surface area contributed by atoms with Gasteiger partial charge in [-0.1, -0.05) is 22.9 Å². The van der Waals surface area contributed by atoms with Crippen LogP contribution in [0.1, 0.15) is 15.4 Å². The van der Waals surface area contributed by atoms with Crippen molar-refractivity contribution in [3.63, 3.8) is 0 Å². The molecule has 0 spiro atoms. The summed E-state index contributed by atoms with van der Waals surface area (Å²) in [4.78, 5) is 16.3. The molecule has 8 heteroatoms. The third kappa shape index (κ3) is 3.00. The average Bonchev–Trinajstić information content (AvgIpc) is 2.93. The lowest BCUT2D eigenvalue weighted by Crippen LogP contribution is -2.48. The van der Waals surface area contributed by atoms with Gasteiger partial charge in [-0.15, -0.1) is 10.2 Å². The van der Waals surface area contributed by atoms with Crippen molar-refractivity contribution >= 4 is 34.0 Å². The van der Waals surface area contributed by atoms with Crippen molar-refractivity contribution in [2.75, 3.05) is 31.1 Å². The number of aryl methyl sites for hydroxylation is 1. The first-order chi connectivity index (χ1) is 10.5. The van der Waals surface area contributed by atoms with Gasteiger partial charge in [0.25, 0.3) is 5.91 Å². The maximum atomic E-state index is 12.5. The first-order valence-electron chi connectivity index (χ1n) is 6.87. The van der Waals surface area contributed by atoms with E-state index in [1.807, 2.05) is 6.92 Å². The number of benzene rings is 1. The van der Waals surface area contributed by atoms with Crippen LogP contribution in [0.2, 0.25) is 5.02 Å². The Labute approximate surface area is 136 Å². The molecule has 0 atom stereocenters. The minimum atomic E-state index is -0.178. The molecule has 1 N–H and O–H groups in total. The van der Waals surface area contributed by atoms with Crippen LogP contribution in [-0.2, 0) is 0 Å². The number of carbonyl (C=O) groups excluding carboxylic acids is 1. The lowest BCUT2D eigenvalue weighted by atomic mass is 10.1. The van der Waals surface area contributed by atoms with Crippen molar-refractivity contribution in [1.29, 1.82) is 0 Å². The van der Waals surface area contributed by atoms with Gasteiger partial charge >= 0.3 is 0 Å². The zero-order chi connectivity index (χ0) is 15.7. The van der Waals surface area contributed by atoms with Crippen LogP contribution in [0.15, 0.2) is 18.2 Å². The van der Waals surface area contributed by atoms with E-state index in [4.69, 9.17) is 11.6 Å². The molecule has 3 rings (SSSR count). The summed E-state index contributed by atoms with van der Waals surface area (Å²) in [5.41, 5.74) is 0.282. The number of aromatic nitrogens is 2. The zero-order valence-electron chi connectivity index (χ0n) is 12.0. The minimum absolute atomic E-state index is 0.0836. The van der Waals surface area contributed by atoms with Gasteiger partial charge in [0.15, 0.2) is 0 Å². The van der Waals surface area contributed by atoms with Gasteiger partial charge in [-0.25, -0.2) is 0 Å². The fourth-order valence-electron chi connectivity index (χ4n) is 2.37. The SMILES string of the molecule is Cc1nnc(N2CCN(C(=O)c3ccc(Cl)cc3O)CC2)s1. The first kappa shape index (κ1) is 15.1. The van der Waals surface area contributed by atoms with Crippen molar-refractivity contribution in [2.45, 2.75) is 6.92 Å². The lowest BCUT2D eigenvalue weighted by Gasteiger charge is -2.34. The Bertz CT molecular complexity index is 698. The van der Waals surface area contributed by atoms with E-state index in [9.17, 15) is 9.90 Å². The van der Waals surface area contributed by atoms with E-state index in [1.165, 1.54) is 6.07 Å². The van der Waals surface area contributed by atoms with E-state index in [2.05, 4.69) is 15.1 Å². The van der Waals surface area contributed by atoms with E-state index >= 15 is 0 Å². The van der Waals surface area contributed by atoms with E-state index in [0.29, 0.717) is 31.2 Å². The number of aromatic hydroxyl groups is 1. The van der Waals surface area contributed by atoms with Crippen molar-refractivity contribution in [1.82, 2.24) is 15.1 Å². The molecule has 116 valence electrons. The lowest BCUT2D eigenvalue weighted by molar-refractivity contribution is 0.0743. The Morgan fingerprint density at radius 2 is 2.00 bits per heavy atom. The maximum Gasteiger partial charge on any atom is 0.257 e. The molecule has 2 aromatic rings. The van der Waals surface area contributed by atoms with Crippen molar-refractivity contribution in [3.05, 3.63) is 33.8 Å². The second-order valence-electron chi connectivity index (χ2n) is 5.04. The first-order valence-corrected chi connectivity index (χ1v) is 8.07. The van der Waals surface area contributed by atoms with Gasteiger partial charge in [-0.05, 0) is 25.1 Å². The molecule has 1 amide bonds. The number of amides is 1. The Kier molecular flexibility index (Phi) is 4.17. The third-order valence-corrected chi connectivity index (χ3v) is 4.68. The van der Waals surface area contributed by atoms with Gasteiger partial charge < -0.3 is 14.9 Å². The quantitative estimate of drug-likeness (QED) is 0.908. The average molecular weight is 339 g/mol. The predicted molar refractivity (Wildman–Crippen MR) is 85.9 cm³/mol. The fraction of sp³-hybridized carbons (Fsp3) is 0.357. The molecule has 0 aliphatic carbocycles. The molecule has 1 aliphatic rings. The van der Waals surface area contributed by atoms with Crippen LogP contribution in [0.5, 0.6) is 5.75 Å². The summed E-state index contributed by atoms with van der Waals surface area (Å²) in [6.45, 7) is 4.49. The van der Waals surface area contributed by atoms with Crippen LogP contribution in [0.3, 0.4) is 0 Å². The highest BCUT2D eigenvalue weighted by Gasteiger charge is 2.25. The molecule has 22 heavy (non-hydrogen) atoms. The molecular formula is C14H15ClN4O2S. The Morgan fingerprint density at radius 3 is 2.59 bits per heavy atom. The molecule has 0 bridgehead atoms. The van der Waals surface area contributed by atoms with E-state index in [-0.39, 0.29) is 17.2 Å². The van der Waals surface area contributed by atoms with Crippen LogP contribution in [0.4, 0.5) is 5.13 Å². The van der Waals surface area contributed by atoms with Gasteiger partial charge in [0.05, 0.1) is 5.56 Å². The number of halogens is 1. The fourth-order valence-corrected chi connectivity index (χ4v) is 3.28. The number of hydrogen-bond donors (Lipinski definition) is 1. The largest absolute Gasteiger partial charge is 0.507 e. The molecule has 6 nitrogen and oxygen atoms in total. The van der Waals surface area contributed by atoms with Crippen LogP contribution >= 0.6 is 22.9 Å². The second kappa shape index (κ2) is 6.10.